The van der Waals surface area contributed by atoms with Crippen LogP contribution < -0.4 is 21.1 Å². The predicted octanol–water partition coefficient (Wildman–Crippen LogP) is 4.89. The summed E-state index contributed by atoms with van der Waals surface area (Å²) in [5.41, 5.74) is 7.04. The summed E-state index contributed by atoms with van der Waals surface area (Å²) in [6.45, 7) is 7.11. The summed E-state index contributed by atoms with van der Waals surface area (Å²) in [5, 5.41) is 7.43. The van der Waals surface area contributed by atoms with E-state index >= 15 is 4.39 Å². The molecule has 334 valence electrons. The number of rotatable bonds is 10. The fourth-order valence-corrected chi connectivity index (χ4v) is 11.8. The minimum Gasteiger partial charge on any atom is -0.368 e. The van der Waals surface area contributed by atoms with E-state index in [0.717, 1.165) is 16.4 Å². The van der Waals surface area contributed by atoms with Gasteiger partial charge in [-0.1, -0.05) is 32.0 Å². The second kappa shape index (κ2) is 18.0. The van der Waals surface area contributed by atoms with Gasteiger partial charge in [0.25, 0.3) is 0 Å². The molecule has 0 spiro atoms. The number of amides is 4. The van der Waals surface area contributed by atoms with Crippen LogP contribution >= 0.6 is 11.3 Å². The van der Waals surface area contributed by atoms with Crippen molar-refractivity contribution in [1.29, 1.82) is 0 Å². The van der Waals surface area contributed by atoms with Crippen LogP contribution in [0.15, 0.2) is 48.8 Å². The van der Waals surface area contributed by atoms with Crippen molar-refractivity contribution in [3.05, 3.63) is 70.7 Å². The van der Waals surface area contributed by atoms with Gasteiger partial charge < -0.3 is 20.4 Å². The summed E-state index contributed by atoms with van der Waals surface area (Å²) >= 11 is 1.38. The van der Waals surface area contributed by atoms with Crippen LogP contribution in [0.2, 0.25) is 0 Å². The summed E-state index contributed by atoms with van der Waals surface area (Å²) in [5.74, 6) is -0.669. The molecule has 3 aromatic heterocycles. The van der Waals surface area contributed by atoms with Gasteiger partial charge in [0.15, 0.2) is 0 Å². The van der Waals surface area contributed by atoms with E-state index in [0.29, 0.717) is 107 Å². The molecule has 5 N–H and O–H groups in total. The molecule has 4 fully saturated rings. The Balaban J connectivity index is 0.868. The molecule has 0 radical (unpaired) electrons. The Morgan fingerprint density at radius 2 is 1.68 bits per heavy atom. The third-order valence-electron chi connectivity index (χ3n) is 13.4. The smallest absolute Gasteiger partial charge is 0.234 e. The van der Waals surface area contributed by atoms with Crippen molar-refractivity contribution in [2.24, 2.45) is 16.5 Å². The van der Waals surface area contributed by atoms with Crippen molar-refractivity contribution in [2.75, 3.05) is 49.9 Å². The molecule has 0 saturated carbocycles. The van der Waals surface area contributed by atoms with E-state index in [4.69, 9.17) is 15.9 Å². The van der Waals surface area contributed by atoms with Crippen molar-refractivity contribution >= 4 is 56.8 Å². The number of aromatic nitrogens is 4. The molecule has 7 heterocycles. The molecule has 2 atom stereocenters. The number of hydrogen-bond acceptors (Lipinski definition) is 13. The lowest BCUT2D eigenvalue weighted by atomic mass is 9.78. The maximum absolute atomic E-state index is 16.3. The van der Waals surface area contributed by atoms with E-state index in [1.165, 1.54) is 23.6 Å². The summed E-state index contributed by atoms with van der Waals surface area (Å²) < 4.78 is 41.1. The van der Waals surface area contributed by atoms with Crippen LogP contribution in [0.5, 0.6) is 0 Å². The maximum Gasteiger partial charge on any atom is 0.234 e. The molecule has 4 aliphatic heterocycles. The molecule has 4 saturated heterocycles. The van der Waals surface area contributed by atoms with Crippen molar-refractivity contribution in [2.45, 2.75) is 88.7 Å². The zero-order chi connectivity index (χ0) is 44.6. The van der Waals surface area contributed by atoms with Gasteiger partial charge in [-0.3, -0.25) is 24.5 Å². The average Bonchev–Trinajstić information content (AvgIpc) is 3.72. The van der Waals surface area contributed by atoms with E-state index in [-0.39, 0.29) is 64.9 Å². The molecule has 0 aliphatic carbocycles. The number of pyridine rings is 1. The van der Waals surface area contributed by atoms with Gasteiger partial charge in [-0.05, 0) is 75.1 Å². The van der Waals surface area contributed by atoms with E-state index in [2.05, 4.69) is 25.2 Å². The molecule has 4 aromatic rings. The van der Waals surface area contributed by atoms with Crippen molar-refractivity contribution in [3.63, 3.8) is 0 Å². The minimum absolute atomic E-state index is 0.0172. The van der Waals surface area contributed by atoms with Crippen molar-refractivity contribution in [1.82, 2.24) is 35.1 Å². The SMILES string of the molecule is CCC(c1cccc(-c2nc(C3CCN(C(=O)C4(C)CCN(C(=O)C5CCN(c6ccc(C7CCC(=O)NC7=O)cn6)CC5)CC4)CC3)sc2-c2ccnc(N)n2)c1F)S(N)(=O)=O. The molecule has 19 heteroatoms. The van der Waals surface area contributed by atoms with Crippen LogP contribution in [0.3, 0.4) is 0 Å². The molecule has 16 nitrogen and oxygen atoms in total. The summed E-state index contributed by atoms with van der Waals surface area (Å²) in [6, 6.07) is 10.1. The molecular formula is C44H53FN10O6S2. The molecule has 0 bridgehead atoms. The zero-order valence-corrected chi connectivity index (χ0v) is 37.1. The number of sulfonamides is 1. The van der Waals surface area contributed by atoms with Crippen LogP contribution in [0.1, 0.15) is 105 Å². The monoisotopic (exact) mass is 900 g/mol. The number of anilines is 2. The number of benzene rings is 1. The number of hydrogen-bond donors (Lipinski definition) is 3. The van der Waals surface area contributed by atoms with E-state index in [1.54, 1.807) is 31.3 Å². The van der Waals surface area contributed by atoms with Gasteiger partial charge in [-0.2, -0.15) is 0 Å². The van der Waals surface area contributed by atoms with Gasteiger partial charge >= 0.3 is 0 Å². The molecule has 4 aliphatic rings. The number of nitrogens with zero attached hydrogens (tertiary/aromatic N) is 7. The first-order valence-corrected chi connectivity index (χ1v) is 24.1. The normalized spacial score (nSPS) is 20.7. The third kappa shape index (κ3) is 9.18. The number of halogens is 1. The number of piperidine rings is 4. The average molecular weight is 901 g/mol. The number of primary sulfonamides is 1. The second-order valence-electron chi connectivity index (χ2n) is 17.4. The number of imide groups is 1. The largest absolute Gasteiger partial charge is 0.368 e. The zero-order valence-electron chi connectivity index (χ0n) is 35.5. The van der Waals surface area contributed by atoms with Gasteiger partial charge in [-0.15, -0.1) is 11.3 Å². The molecule has 4 amide bonds. The topological polar surface area (TPSA) is 228 Å². The first kappa shape index (κ1) is 44.2. The summed E-state index contributed by atoms with van der Waals surface area (Å²) in [6.07, 6.45) is 7.96. The number of nitrogens with one attached hydrogen (secondary N) is 1. The number of likely N-dealkylation sites (tertiary alicyclic amines) is 2. The lowest BCUT2D eigenvalue weighted by molar-refractivity contribution is -0.149. The maximum atomic E-state index is 16.3. The number of carbonyl (C=O) groups is 4. The Hall–Kier alpha value is -5.40. The van der Waals surface area contributed by atoms with Gasteiger partial charge in [-0.25, -0.2) is 37.9 Å². The third-order valence-corrected chi connectivity index (χ3v) is 16.0. The van der Waals surface area contributed by atoms with E-state index < -0.39 is 26.5 Å². The second-order valence-corrected chi connectivity index (χ2v) is 20.2. The van der Waals surface area contributed by atoms with E-state index in [1.807, 2.05) is 28.9 Å². The quantitative estimate of drug-likeness (QED) is 0.181. The lowest BCUT2D eigenvalue weighted by Crippen LogP contribution is -2.52. The molecular weight excluding hydrogens is 848 g/mol. The van der Waals surface area contributed by atoms with Gasteiger partial charge in [0.05, 0.1) is 27.2 Å². The number of nitrogens with two attached hydrogens (primary N) is 2. The standard InChI is InChI=1S/C44H53FN10O6S2/c1-3-33(63(47,60)61)30-5-4-6-31(36(30)45)37-38(32-11-18-48-43(46)50-32)62-40(52-37)26-12-21-55(22-13-26)42(59)44(2)16-23-54(24-17-44)41(58)27-14-19-53(20-15-27)34-9-7-28(25-49-34)29-8-10-35(56)51-39(29)57/h4-7,9,11,18,25-27,29,33H,3,8,10,12-17,19-24H2,1-2H3,(H2,46,48,50)(H2,47,60,61)(H,51,56,57). The Labute approximate surface area is 370 Å². The molecule has 63 heavy (non-hydrogen) atoms. The number of thiazole rings is 1. The predicted molar refractivity (Wildman–Crippen MR) is 236 cm³/mol. The van der Waals surface area contributed by atoms with Gasteiger partial charge in [0.1, 0.15) is 16.9 Å². The molecule has 8 rings (SSSR count). The molecule has 1 aromatic carbocycles. The van der Waals surface area contributed by atoms with Crippen LogP contribution in [-0.2, 0) is 29.2 Å². The summed E-state index contributed by atoms with van der Waals surface area (Å²) in [4.78, 5) is 76.3. The highest BCUT2D eigenvalue weighted by Gasteiger charge is 2.43. The fourth-order valence-electron chi connectivity index (χ4n) is 9.54. The van der Waals surface area contributed by atoms with E-state index in [9.17, 15) is 27.6 Å². The van der Waals surface area contributed by atoms with Crippen molar-refractivity contribution < 1.29 is 32.0 Å². The highest BCUT2D eigenvalue weighted by atomic mass is 32.2. The van der Waals surface area contributed by atoms with Crippen molar-refractivity contribution in [3.8, 4) is 21.8 Å². The molecule has 2 unspecified atom stereocenters. The lowest BCUT2D eigenvalue weighted by Gasteiger charge is -2.43. The van der Waals surface area contributed by atoms with Crippen LogP contribution in [-0.4, -0.2) is 101 Å². The highest BCUT2D eigenvalue weighted by Crippen LogP contribution is 2.44. The van der Waals surface area contributed by atoms with Gasteiger partial charge in [0, 0.05) is 86.5 Å². The first-order chi connectivity index (χ1) is 30.1. The number of carbonyl (C=O) groups excluding carboxylic acids is 4. The van der Waals surface area contributed by atoms with Crippen LogP contribution in [0, 0.1) is 17.2 Å². The highest BCUT2D eigenvalue weighted by molar-refractivity contribution is 7.89. The number of nitrogen functional groups attached to an aromatic ring is 1. The fraction of sp³-hybridized carbons (Fsp3) is 0.500. The minimum atomic E-state index is -4.08. The van der Waals surface area contributed by atoms with Gasteiger partial charge in [0.2, 0.25) is 39.6 Å². The Morgan fingerprint density at radius 1 is 0.952 bits per heavy atom. The Bertz CT molecular complexity index is 2500. The van der Waals surface area contributed by atoms with Crippen LogP contribution in [0.25, 0.3) is 21.8 Å². The summed E-state index contributed by atoms with van der Waals surface area (Å²) in [7, 11) is -4.08. The first-order valence-electron chi connectivity index (χ1n) is 21.7. The van der Waals surface area contributed by atoms with Crippen LogP contribution in [0.4, 0.5) is 16.2 Å². The Kier molecular flexibility index (Phi) is 12.6. The Morgan fingerprint density at radius 3 is 2.32 bits per heavy atom.